The van der Waals surface area contributed by atoms with Crippen LogP contribution in [0, 0.1) is 6.92 Å². The minimum Gasteiger partial charge on any atom is -0.481 e. The van der Waals surface area contributed by atoms with Crippen LogP contribution in [0.25, 0.3) is 0 Å². The molecule has 1 aromatic heterocycles. The molecule has 4 rings (SSSR count). The molecule has 1 atom stereocenters. The van der Waals surface area contributed by atoms with Crippen LogP contribution in [0.3, 0.4) is 0 Å². The fourth-order valence-electron chi connectivity index (χ4n) is 4.31. The lowest BCUT2D eigenvalue weighted by atomic mass is 9.76. The number of nitrogens with zero attached hydrogens (tertiary/aromatic N) is 2. The number of benzene rings is 3. The number of aliphatic carboxylic acids is 1. The van der Waals surface area contributed by atoms with E-state index in [9.17, 15) is 9.90 Å². The second-order valence-corrected chi connectivity index (χ2v) is 7.51. The number of aromatic nitrogens is 2. The number of carbonyl (C=O) groups is 1. The summed E-state index contributed by atoms with van der Waals surface area (Å²) in [7, 11) is 0. The van der Waals surface area contributed by atoms with Crippen LogP contribution in [0.5, 0.6) is 0 Å². The number of aliphatic hydroxyl groups is 1. The maximum absolute atomic E-state index is 11.2. The van der Waals surface area contributed by atoms with Crippen LogP contribution < -0.4 is 0 Å². The number of rotatable bonds is 7. The molecule has 1 unspecified atom stereocenters. The van der Waals surface area contributed by atoms with Gasteiger partial charge in [-0.25, -0.2) is 4.98 Å². The van der Waals surface area contributed by atoms with E-state index in [0.29, 0.717) is 11.4 Å². The monoisotopic (exact) mass is 412 g/mol. The molecule has 156 valence electrons. The molecule has 5 heteroatoms. The normalized spacial score (nSPS) is 12.5. The Bertz CT molecular complexity index is 1060. The van der Waals surface area contributed by atoms with Crippen molar-refractivity contribution in [3.05, 3.63) is 125 Å². The second-order valence-electron chi connectivity index (χ2n) is 7.51. The largest absolute Gasteiger partial charge is 0.481 e. The van der Waals surface area contributed by atoms with Crippen LogP contribution in [0.1, 0.15) is 40.6 Å². The minimum absolute atomic E-state index is 0.370. The molecular weight excluding hydrogens is 388 g/mol. The zero-order valence-corrected chi connectivity index (χ0v) is 17.2. The Kier molecular flexibility index (Phi) is 5.69. The van der Waals surface area contributed by atoms with Gasteiger partial charge in [-0.2, -0.15) is 0 Å². The fourth-order valence-corrected chi connectivity index (χ4v) is 4.31. The van der Waals surface area contributed by atoms with E-state index in [1.807, 2.05) is 66.1 Å². The summed E-state index contributed by atoms with van der Waals surface area (Å²) in [5.74, 6) is -1.07. The number of imidazole rings is 1. The molecule has 5 nitrogen and oxygen atoms in total. The standard InChI is InChI=1S/C26H24N2O3/c1-19-25(23(29)17-24(30)31)27-18-28(19)26(20-11-5-2-6-12-20,21-13-7-3-8-14-21)22-15-9-4-10-16-22/h2-16,18,23,29H,17H2,1H3,(H,30,31). The molecule has 4 aromatic rings. The number of hydrogen-bond donors (Lipinski definition) is 2. The summed E-state index contributed by atoms with van der Waals surface area (Å²) < 4.78 is 2.04. The minimum atomic E-state index is -1.18. The Hall–Kier alpha value is -3.70. The van der Waals surface area contributed by atoms with Crippen molar-refractivity contribution in [3.8, 4) is 0 Å². The summed E-state index contributed by atoms with van der Waals surface area (Å²) in [6, 6.07) is 30.4. The first-order chi connectivity index (χ1) is 15.0. The SMILES string of the molecule is Cc1c(C(O)CC(=O)O)ncn1C(c1ccccc1)(c1ccccc1)c1ccccc1. The average Bonchev–Trinajstić information content (AvgIpc) is 3.18. The summed E-state index contributed by atoms with van der Waals surface area (Å²) >= 11 is 0. The average molecular weight is 412 g/mol. The number of carboxylic acid groups (broad SMARTS) is 1. The van der Waals surface area contributed by atoms with Crippen LogP contribution in [0.2, 0.25) is 0 Å². The van der Waals surface area contributed by atoms with Gasteiger partial charge in [0, 0.05) is 5.69 Å². The molecule has 0 aliphatic carbocycles. The highest BCUT2D eigenvalue weighted by Crippen LogP contribution is 2.42. The maximum atomic E-state index is 11.2. The van der Waals surface area contributed by atoms with E-state index < -0.39 is 24.0 Å². The van der Waals surface area contributed by atoms with E-state index >= 15 is 0 Å². The highest BCUT2D eigenvalue weighted by Gasteiger charge is 2.40. The Morgan fingerprint density at radius 2 is 1.29 bits per heavy atom. The highest BCUT2D eigenvalue weighted by atomic mass is 16.4. The molecule has 0 bridgehead atoms. The first kappa shape index (κ1) is 20.6. The summed E-state index contributed by atoms with van der Waals surface area (Å²) in [4.78, 5) is 15.6. The smallest absolute Gasteiger partial charge is 0.306 e. The molecule has 0 aliphatic heterocycles. The van der Waals surface area contributed by atoms with Crippen molar-refractivity contribution < 1.29 is 15.0 Å². The molecule has 2 N–H and O–H groups in total. The highest BCUT2D eigenvalue weighted by molar-refractivity contribution is 5.67. The van der Waals surface area contributed by atoms with Gasteiger partial charge in [0.1, 0.15) is 11.6 Å². The Labute approximate surface area is 181 Å². The number of aliphatic hydroxyl groups excluding tert-OH is 1. The predicted octanol–water partition coefficient (Wildman–Crippen LogP) is 4.54. The molecule has 0 amide bonds. The third-order valence-electron chi connectivity index (χ3n) is 5.66. The molecule has 3 aromatic carbocycles. The Balaban J connectivity index is 2.05. The van der Waals surface area contributed by atoms with Gasteiger partial charge < -0.3 is 14.8 Å². The Morgan fingerprint density at radius 1 is 0.871 bits per heavy atom. The fraction of sp³-hybridized carbons (Fsp3) is 0.154. The third kappa shape index (κ3) is 3.64. The van der Waals surface area contributed by atoms with Gasteiger partial charge >= 0.3 is 5.97 Å². The first-order valence-electron chi connectivity index (χ1n) is 10.2. The lowest BCUT2D eigenvalue weighted by Crippen LogP contribution is -2.38. The van der Waals surface area contributed by atoms with Crippen molar-refractivity contribution in [1.82, 2.24) is 9.55 Å². The number of hydrogen-bond acceptors (Lipinski definition) is 3. The van der Waals surface area contributed by atoms with Crippen molar-refractivity contribution in [3.63, 3.8) is 0 Å². The van der Waals surface area contributed by atoms with Crippen molar-refractivity contribution >= 4 is 5.97 Å². The van der Waals surface area contributed by atoms with Gasteiger partial charge in [0.05, 0.1) is 18.4 Å². The van der Waals surface area contributed by atoms with Crippen molar-refractivity contribution in [2.24, 2.45) is 0 Å². The van der Waals surface area contributed by atoms with Crippen LogP contribution in [0.15, 0.2) is 97.3 Å². The van der Waals surface area contributed by atoms with Gasteiger partial charge in [-0.1, -0.05) is 91.0 Å². The van der Waals surface area contributed by atoms with E-state index in [4.69, 9.17) is 5.11 Å². The summed E-state index contributed by atoms with van der Waals surface area (Å²) in [6.07, 6.45) is 0.119. The molecule has 0 radical (unpaired) electrons. The van der Waals surface area contributed by atoms with Gasteiger partial charge in [0.15, 0.2) is 0 Å². The van der Waals surface area contributed by atoms with Gasteiger partial charge in [-0.05, 0) is 23.6 Å². The van der Waals surface area contributed by atoms with Gasteiger partial charge in [-0.15, -0.1) is 0 Å². The quantitative estimate of drug-likeness (QED) is 0.437. The maximum Gasteiger partial charge on any atom is 0.306 e. The zero-order chi connectivity index (χ0) is 21.8. The van der Waals surface area contributed by atoms with Crippen molar-refractivity contribution in [2.75, 3.05) is 0 Å². The molecule has 1 heterocycles. The van der Waals surface area contributed by atoms with Gasteiger partial charge in [0.25, 0.3) is 0 Å². The summed E-state index contributed by atoms with van der Waals surface area (Å²) in [5, 5.41) is 19.6. The van der Waals surface area contributed by atoms with Gasteiger partial charge in [0.2, 0.25) is 0 Å². The molecule has 0 saturated carbocycles. The van der Waals surface area contributed by atoms with Crippen molar-refractivity contribution in [2.45, 2.75) is 25.0 Å². The van der Waals surface area contributed by atoms with Crippen LogP contribution >= 0.6 is 0 Å². The summed E-state index contributed by atoms with van der Waals surface area (Å²) in [6.45, 7) is 1.87. The Morgan fingerprint density at radius 3 is 1.68 bits per heavy atom. The zero-order valence-electron chi connectivity index (χ0n) is 17.2. The second kappa shape index (κ2) is 8.58. The summed E-state index contributed by atoms with van der Waals surface area (Å²) in [5.41, 5.74) is 3.44. The van der Waals surface area contributed by atoms with E-state index in [1.54, 1.807) is 6.33 Å². The van der Waals surface area contributed by atoms with Crippen molar-refractivity contribution in [1.29, 1.82) is 0 Å². The van der Waals surface area contributed by atoms with Gasteiger partial charge in [-0.3, -0.25) is 4.79 Å². The number of carboxylic acids is 1. The lowest BCUT2D eigenvalue weighted by molar-refractivity contribution is -0.139. The molecule has 0 spiro atoms. The van der Waals surface area contributed by atoms with Crippen LogP contribution in [-0.4, -0.2) is 25.7 Å². The van der Waals surface area contributed by atoms with E-state index in [-0.39, 0.29) is 0 Å². The molecule has 31 heavy (non-hydrogen) atoms. The topological polar surface area (TPSA) is 75.3 Å². The predicted molar refractivity (Wildman–Crippen MR) is 119 cm³/mol. The first-order valence-corrected chi connectivity index (χ1v) is 10.2. The third-order valence-corrected chi connectivity index (χ3v) is 5.66. The lowest BCUT2D eigenvalue weighted by Gasteiger charge is -2.38. The van der Waals surface area contributed by atoms with Crippen LogP contribution in [-0.2, 0) is 10.3 Å². The van der Waals surface area contributed by atoms with E-state index in [1.165, 1.54) is 0 Å². The molecule has 0 fully saturated rings. The molecular formula is C26H24N2O3. The molecule has 0 saturated heterocycles. The van der Waals surface area contributed by atoms with Crippen LogP contribution in [0.4, 0.5) is 0 Å². The molecule has 0 aliphatic rings. The van der Waals surface area contributed by atoms with E-state index in [2.05, 4.69) is 41.4 Å². The van der Waals surface area contributed by atoms with E-state index in [0.717, 1.165) is 16.7 Å².